The van der Waals surface area contributed by atoms with Gasteiger partial charge in [0.15, 0.2) is 0 Å². The largest absolute Gasteiger partial charge is 3.00 e. The summed E-state index contributed by atoms with van der Waals surface area (Å²) in [6, 6.07) is 0.562. The predicted molar refractivity (Wildman–Crippen MR) is 77.1 cm³/mol. The van der Waals surface area contributed by atoms with Crippen molar-refractivity contribution in [1.29, 1.82) is 0 Å². The molecule has 0 aliphatic heterocycles. The molecule has 1 fully saturated rings. The van der Waals surface area contributed by atoms with Crippen LogP contribution in [0.3, 0.4) is 0 Å². The SMILES string of the molecule is CC(=O)[O-].CC(=O)[O-].CC(=O)[O-].CC(=O)[O-].NC1CCCCC1N.[Fe+3].[Na+]. The molecule has 0 amide bonds. The number of aliphatic carboxylic acids is 4. The predicted octanol–water partition coefficient (Wildman–Crippen LogP) is -7.76. The minimum Gasteiger partial charge on any atom is -0.550 e. The molecule has 12 heteroatoms. The molecule has 0 aromatic carbocycles. The first kappa shape index (κ1) is 40.1. The molecule has 26 heavy (non-hydrogen) atoms. The summed E-state index contributed by atoms with van der Waals surface area (Å²) >= 11 is 0. The van der Waals surface area contributed by atoms with Crippen molar-refractivity contribution in [3.05, 3.63) is 0 Å². The summed E-state index contributed by atoms with van der Waals surface area (Å²) in [6.07, 6.45) is 4.80. The van der Waals surface area contributed by atoms with Gasteiger partial charge in [-0.3, -0.25) is 0 Å². The molecule has 0 spiro atoms. The van der Waals surface area contributed by atoms with E-state index in [-0.39, 0.29) is 58.7 Å². The van der Waals surface area contributed by atoms with E-state index in [0.717, 1.165) is 40.5 Å². The molecule has 0 saturated heterocycles. The summed E-state index contributed by atoms with van der Waals surface area (Å²) in [5.74, 6) is -4.33. The summed E-state index contributed by atoms with van der Waals surface area (Å²) in [6.45, 7) is 3.89. The Bertz CT molecular complexity index is 299. The van der Waals surface area contributed by atoms with Crippen LogP contribution in [0.25, 0.3) is 0 Å². The molecular formula is C14H26FeN2NaO8. The Balaban J connectivity index is -0.0000000495. The second-order valence-corrected chi connectivity index (χ2v) is 4.58. The molecule has 149 valence electrons. The van der Waals surface area contributed by atoms with Crippen LogP contribution in [-0.4, -0.2) is 36.0 Å². The van der Waals surface area contributed by atoms with Crippen LogP contribution >= 0.6 is 0 Å². The van der Waals surface area contributed by atoms with Gasteiger partial charge in [-0.25, -0.2) is 0 Å². The van der Waals surface area contributed by atoms with E-state index >= 15 is 0 Å². The van der Waals surface area contributed by atoms with Crippen molar-refractivity contribution >= 4 is 23.9 Å². The standard InChI is InChI=1S/C6H14N2.4C2H4O2.Fe.Na/c7-5-3-1-2-4-6(5)8;4*1-2(3)4;;/h5-6H,1-4,7-8H2;4*1H3,(H,3,4);;/q;;;;;+3;+1/p-4. The zero-order valence-electron chi connectivity index (χ0n) is 15.8. The third-order valence-corrected chi connectivity index (χ3v) is 1.87. The smallest absolute Gasteiger partial charge is 0.550 e. The number of nitrogens with two attached hydrogens (primary N) is 2. The fourth-order valence-corrected chi connectivity index (χ4v) is 1.19. The normalized spacial score (nSPS) is 16.1. The molecule has 1 aliphatic rings. The van der Waals surface area contributed by atoms with E-state index in [1.165, 1.54) is 12.8 Å². The van der Waals surface area contributed by atoms with Crippen LogP contribution in [0.15, 0.2) is 0 Å². The van der Waals surface area contributed by atoms with Crippen molar-refractivity contribution in [3.8, 4) is 0 Å². The molecule has 1 radical (unpaired) electrons. The van der Waals surface area contributed by atoms with Crippen molar-refractivity contribution < 1.29 is 86.2 Å². The van der Waals surface area contributed by atoms with Gasteiger partial charge in [0.2, 0.25) is 0 Å². The first-order chi connectivity index (χ1) is 10.7. The summed E-state index contributed by atoms with van der Waals surface area (Å²) < 4.78 is 0. The molecule has 2 atom stereocenters. The van der Waals surface area contributed by atoms with E-state index < -0.39 is 23.9 Å². The van der Waals surface area contributed by atoms with Gasteiger partial charge in [-0.1, -0.05) is 12.8 Å². The van der Waals surface area contributed by atoms with Gasteiger partial charge in [0, 0.05) is 36.0 Å². The van der Waals surface area contributed by atoms with Crippen LogP contribution in [0.4, 0.5) is 0 Å². The van der Waals surface area contributed by atoms with Crippen LogP contribution in [-0.2, 0) is 36.2 Å². The number of hydrogen-bond donors (Lipinski definition) is 2. The maximum Gasteiger partial charge on any atom is 3.00 e. The van der Waals surface area contributed by atoms with Crippen LogP contribution < -0.4 is 61.5 Å². The fraction of sp³-hybridized carbons (Fsp3) is 0.714. The van der Waals surface area contributed by atoms with E-state index in [4.69, 9.17) is 51.1 Å². The van der Waals surface area contributed by atoms with Crippen molar-refractivity contribution in [3.63, 3.8) is 0 Å². The Morgan fingerprint density at radius 2 is 0.769 bits per heavy atom. The first-order valence-electron chi connectivity index (χ1n) is 6.95. The van der Waals surface area contributed by atoms with Crippen molar-refractivity contribution in [1.82, 2.24) is 0 Å². The van der Waals surface area contributed by atoms with Crippen LogP contribution in [0.5, 0.6) is 0 Å². The number of carboxylic acid groups (broad SMARTS) is 4. The minimum atomic E-state index is -1.08. The van der Waals surface area contributed by atoms with Gasteiger partial charge < -0.3 is 51.1 Å². The molecule has 0 aromatic rings. The zero-order valence-corrected chi connectivity index (χ0v) is 18.9. The van der Waals surface area contributed by atoms with Gasteiger partial charge >= 0.3 is 46.6 Å². The van der Waals surface area contributed by atoms with Gasteiger partial charge in [-0.05, 0) is 40.5 Å². The van der Waals surface area contributed by atoms with E-state index in [1.54, 1.807) is 0 Å². The number of hydrogen-bond acceptors (Lipinski definition) is 10. The second kappa shape index (κ2) is 29.1. The number of carbonyl (C=O) groups excluding carboxylic acids is 4. The number of carbonyl (C=O) groups is 4. The van der Waals surface area contributed by atoms with Crippen molar-refractivity contribution in [2.45, 2.75) is 65.5 Å². The average Bonchev–Trinajstić information content (AvgIpc) is 2.30. The number of rotatable bonds is 0. The van der Waals surface area contributed by atoms with Crippen LogP contribution in [0.1, 0.15) is 53.4 Å². The minimum absolute atomic E-state index is 0. The monoisotopic (exact) mass is 429 g/mol. The summed E-state index contributed by atoms with van der Waals surface area (Å²) in [4.78, 5) is 35.6. The van der Waals surface area contributed by atoms with E-state index in [0.29, 0.717) is 0 Å². The molecule has 1 saturated carbocycles. The summed E-state index contributed by atoms with van der Waals surface area (Å²) in [5, 5.41) is 35.6. The van der Waals surface area contributed by atoms with Gasteiger partial charge in [0.25, 0.3) is 0 Å². The Morgan fingerprint density at radius 1 is 0.654 bits per heavy atom. The molecule has 0 bridgehead atoms. The van der Waals surface area contributed by atoms with Gasteiger partial charge in [-0.15, -0.1) is 0 Å². The van der Waals surface area contributed by atoms with E-state index in [1.807, 2.05) is 0 Å². The Hall–Kier alpha value is -0.681. The maximum absolute atomic E-state index is 8.89. The quantitative estimate of drug-likeness (QED) is 0.347. The molecule has 10 nitrogen and oxygen atoms in total. The van der Waals surface area contributed by atoms with Crippen LogP contribution in [0.2, 0.25) is 0 Å². The summed E-state index contributed by atoms with van der Waals surface area (Å²) in [7, 11) is 0. The van der Waals surface area contributed by atoms with Crippen molar-refractivity contribution in [2.24, 2.45) is 11.5 Å². The molecule has 1 aliphatic carbocycles. The maximum atomic E-state index is 8.89. The van der Waals surface area contributed by atoms with E-state index in [9.17, 15) is 0 Å². The summed E-state index contributed by atoms with van der Waals surface area (Å²) in [5.41, 5.74) is 11.3. The van der Waals surface area contributed by atoms with Gasteiger partial charge in [0.1, 0.15) is 0 Å². The topological polar surface area (TPSA) is 213 Å². The number of carboxylic acids is 4. The molecular weight excluding hydrogens is 403 g/mol. The molecule has 1 rings (SSSR count). The van der Waals surface area contributed by atoms with Crippen LogP contribution in [0, 0.1) is 0 Å². The average molecular weight is 429 g/mol. The third-order valence-electron chi connectivity index (χ3n) is 1.87. The zero-order chi connectivity index (χ0) is 20.3. The fourth-order valence-electron chi connectivity index (χ4n) is 1.19. The molecule has 4 N–H and O–H groups in total. The first-order valence-corrected chi connectivity index (χ1v) is 6.95. The Labute approximate surface area is 186 Å². The van der Waals surface area contributed by atoms with Crippen molar-refractivity contribution in [2.75, 3.05) is 0 Å². The Morgan fingerprint density at radius 3 is 0.846 bits per heavy atom. The Kier molecular flexibility index (Phi) is 44.9. The molecule has 0 heterocycles. The third kappa shape index (κ3) is 109. The molecule has 0 aromatic heterocycles. The van der Waals surface area contributed by atoms with E-state index in [2.05, 4.69) is 0 Å². The van der Waals surface area contributed by atoms with Gasteiger partial charge in [-0.2, -0.15) is 0 Å². The molecule has 2 unspecified atom stereocenters. The second-order valence-electron chi connectivity index (χ2n) is 4.58. The van der Waals surface area contributed by atoms with Gasteiger partial charge in [0.05, 0.1) is 0 Å².